The second-order valence-corrected chi connectivity index (χ2v) is 12.6. The molecule has 9 rings (SSSR count). The molecule has 1 aliphatic heterocycles. The number of fused-ring (bicyclic) bond motifs is 5. The van der Waals surface area contributed by atoms with Crippen LogP contribution in [0.4, 0.5) is 17.1 Å². The number of benzene rings is 6. The Morgan fingerprint density at radius 1 is 0.500 bits per heavy atom. The van der Waals surface area contributed by atoms with Gasteiger partial charge in [-0.2, -0.15) is 10.5 Å². The maximum Gasteiger partial charge on any atom is 0.138 e. The zero-order chi connectivity index (χ0) is 30.8. The molecule has 0 unspecified atom stereocenters. The largest absolute Gasteiger partial charge is 0.309 e. The maximum absolute atomic E-state index is 9.70. The van der Waals surface area contributed by atoms with Gasteiger partial charge < -0.3 is 4.90 Å². The standard InChI is InChI=1S/C42H23N3S/c43-24-27(25-44)41-32-13-5-4-11-29(32)36-23-26(17-18-35(36)41)39-21-22-40(46-39)31-19-20-34-30-12-6-7-15-37(30)45(28-9-2-1-3-10-28)38-16-8-14-33(31)42(34)38/h1-23H. The van der Waals surface area contributed by atoms with Crippen LogP contribution in [-0.2, 0) is 0 Å². The van der Waals surface area contributed by atoms with Crippen molar-refractivity contribution in [2.75, 3.05) is 4.90 Å². The van der Waals surface area contributed by atoms with Crippen molar-refractivity contribution in [1.82, 2.24) is 0 Å². The van der Waals surface area contributed by atoms with Gasteiger partial charge in [0.15, 0.2) is 0 Å². The molecule has 0 atom stereocenters. The van der Waals surface area contributed by atoms with E-state index in [2.05, 4.69) is 138 Å². The van der Waals surface area contributed by atoms with E-state index in [1.807, 2.05) is 18.2 Å². The van der Waals surface area contributed by atoms with Crippen LogP contribution in [0.5, 0.6) is 0 Å². The number of nitriles is 2. The van der Waals surface area contributed by atoms with E-state index >= 15 is 0 Å². The predicted molar refractivity (Wildman–Crippen MR) is 189 cm³/mol. The quantitative estimate of drug-likeness (QED) is 0.189. The average molecular weight is 602 g/mol. The summed E-state index contributed by atoms with van der Waals surface area (Å²) in [6, 6.07) is 53.5. The summed E-state index contributed by atoms with van der Waals surface area (Å²) in [7, 11) is 0. The van der Waals surface area contributed by atoms with E-state index in [9.17, 15) is 10.5 Å². The highest BCUT2D eigenvalue weighted by atomic mass is 32.1. The van der Waals surface area contributed by atoms with E-state index in [1.165, 1.54) is 48.6 Å². The van der Waals surface area contributed by atoms with Crippen LogP contribution < -0.4 is 4.90 Å². The summed E-state index contributed by atoms with van der Waals surface area (Å²) in [5.74, 6) is 0. The van der Waals surface area contributed by atoms with E-state index in [4.69, 9.17) is 0 Å². The number of hydrogen-bond acceptors (Lipinski definition) is 4. The normalized spacial score (nSPS) is 12.2. The van der Waals surface area contributed by atoms with Gasteiger partial charge in [-0.05, 0) is 86.8 Å². The molecule has 0 radical (unpaired) electrons. The van der Waals surface area contributed by atoms with E-state index in [0.29, 0.717) is 0 Å². The molecule has 0 amide bonds. The third-order valence-corrected chi connectivity index (χ3v) is 10.3. The average Bonchev–Trinajstić information content (AvgIpc) is 3.73. The molecule has 0 saturated carbocycles. The van der Waals surface area contributed by atoms with Gasteiger partial charge in [0.25, 0.3) is 0 Å². The molecule has 46 heavy (non-hydrogen) atoms. The molecule has 0 bridgehead atoms. The van der Waals surface area contributed by atoms with E-state index in [0.717, 1.165) is 39.1 Å². The van der Waals surface area contributed by atoms with E-state index in [1.54, 1.807) is 11.3 Å². The zero-order valence-electron chi connectivity index (χ0n) is 24.5. The van der Waals surface area contributed by atoms with Gasteiger partial charge in [0.1, 0.15) is 17.7 Å². The van der Waals surface area contributed by atoms with Crippen LogP contribution >= 0.6 is 11.3 Å². The molecule has 0 saturated heterocycles. The van der Waals surface area contributed by atoms with Gasteiger partial charge >= 0.3 is 0 Å². The number of nitrogens with zero attached hydrogens (tertiary/aromatic N) is 3. The van der Waals surface area contributed by atoms with Gasteiger partial charge in [-0.15, -0.1) is 11.3 Å². The van der Waals surface area contributed by atoms with Crippen molar-refractivity contribution in [2.24, 2.45) is 0 Å². The van der Waals surface area contributed by atoms with Gasteiger partial charge in [-0.25, -0.2) is 0 Å². The zero-order valence-corrected chi connectivity index (χ0v) is 25.3. The lowest BCUT2D eigenvalue weighted by Gasteiger charge is -2.33. The molecule has 7 aromatic rings. The first-order valence-electron chi connectivity index (χ1n) is 15.1. The molecule has 212 valence electrons. The Labute approximate surface area is 270 Å². The van der Waals surface area contributed by atoms with Crippen molar-refractivity contribution in [1.29, 1.82) is 10.5 Å². The fourth-order valence-electron chi connectivity index (χ4n) is 7.16. The highest BCUT2D eigenvalue weighted by Gasteiger charge is 2.28. The van der Waals surface area contributed by atoms with Gasteiger partial charge in [0.2, 0.25) is 0 Å². The van der Waals surface area contributed by atoms with Crippen LogP contribution in [-0.4, -0.2) is 0 Å². The topological polar surface area (TPSA) is 50.8 Å². The first-order valence-corrected chi connectivity index (χ1v) is 16.0. The van der Waals surface area contributed by atoms with Crippen molar-refractivity contribution < 1.29 is 0 Å². The summed E-state index contributed by atoms with van der Waals surface area (Å²) in [4.78, 5) is 4.76. The van der Waals surface area contributed by atoms with Gasteiger partial charge in [-0.1, -0.05) is 97.1 Å². The van der Waals surface area contributed by atoms with Crippen LogP contribution in [0.15, 0.2) is 145 Å². The third kappa shape index (κ3) is 3.75. The fourth-order valence-corrected chi connectivity index (χ4v) is 8.20. The monoisotopic (exact) mass is 601 g/mol. The Morgan fingerprint density at radius 3 is 1.98 bits per heavy atom. The van der Waals surface area contributed by atoms with Gasteiger partial charge in [0.05, 0.1) is 11.4 Å². The molecule has 1 aromatic heterocycles. The Hall–Kier alpha value is -6.20. The van der Waals surface area contributed by atoms with Gasteiger partial charge in [0, 0.05) is 32.0 Å². The van der Waals surface area contributed by atoms with E-state index in [-0.39, 0.29) is 5.57 Å². The number of anilines is 3. The smallest absolute Gasteiger partial charge is 0.138 e. The molecule has 2 heterocycles. The van der Waals surface area contributed by atoms with Crippen molar-refractivity contribution >= 4 is 44.7 Å². The lowest BCUT2D eigenvalue weighted by Crippen LogP contribution is -2.14. The molecular formula is C42H23N3S. The molecule has 3 nitrogen and oxygen atoms in total. The Kier molecular flexibility index (Phi) is 5.80. The molecule has 6 aromatic carbocycles. The molecule has 2 aliphatic rings. The minimum atomic E-state index is 0.147. The van der Waals surface area contributed by atoms with Crippen molar-refractivity contribution in [2.45, 2.75) is 0 Å². The maximum atomic E-state index is 9.70. The molecule has 4 heteroatoms. The highest BCUT2D eigenvalue weighted by molar-refractivity contribution is 7.18. The van der Waals surface area contributed by atoms with Crippen molar-refractivity contribution in [3.05, 3.63) is 156 Å². The first-order chi connectivity index (χ1) is 22.7. The van der Waals surface area contributed by atoms with Gasteiger partial charge in [-0.3, -0.25) is 0 Å². The highest BCUT2D eigenvalue weighted by Crippen LogP contribution is 2.53. The first kappa shape index (κ1) is 26.2. The number of para-hydroxylation sites is 2. The Balaban J connectivity index is 1.19. The third-order valence-electron chi connectivity index (χ3n) is 9.11. The number of rotatable bonds is 3. The molecular weight excluding hydrogens is 579 g/mol. The fraction of sp³-hybridized carbons (Fsp3) is 0. The van der Waals surface area contributed by atoms with Crippen LogP contribution in [0.1, 0.15) is 11.1 Å². The summed E-state index contributed by atoms with van der Waals surface area (Å²) >= 11 is 1.79. The van der Waals surface area contributed by atoms with Crippen LogP contribution in [0.3, 0.4) is 0 Å². The Morgan fingerprint density at radius 2 is 1.15 bits per heavy atom. The number of allylic oxidation sites excluding steroid dienone is 1. The molecule has 1 aliphatic carbocycles. The molecule has 0 N–H and O–H groups in total. The Bertz CT molecular complexity index is 2490. The predicted octanol–water partition coefficient (Wildman–Crippen LogP) is 11.5. The van der Waals surface area contributed by atoms with Crippen molar-refractivity contribution in [3.8, 4) is 55.3 Å². The van der Waals surface area contributed by atoms with Crippen LogP contribution in [0.2, 0.25) is 0 Å². The van der Waals surface area contributed by atoms with Crippen LogP contribution in [0.25, 0.3) is 59.5 Å². The molecule has 0 fully saturated rings. The number of hydrogen-bond donors (Lipinski definition) is 0. The summed E-state index contributed by atoms with van der Waals surface area (Å²) < 4.78 is 0. The lowest BCUT2D eigenvalue weighted by atomic mass is 9.88. The summed E-state index contributed by atoms with van der Waals surface area (Å²) in [6.07, 6.45) is 0. The summed E-state index contributed by atoms with van der Waals surface area (Å²) in [5.41, 5.74) is 13.2. The van der Waals surface area contributed by atoms with Crippen molar-refractivity contribution in [3.63, 3.8) is 0 Å². The second kappa shape index (κ2) is 10.2. The summed E-state index contributed by atoms with van der Waals surface area (Å²) in [5, 5.41) is 21.9. The van der Waals surface area contributed by atoms with E-state index < -0.39 is 0 Å². The summed E-state index contributed by atoms with van der Waals surface area (Å²) in [6.45, 7) is 0. The SMILES string of the molecule is N#CC(C#N)=C1c2ccccc2-c2cc(-c3ccc(-c4ccc5c6c(cccc46)N(c4ccccc4)c4ccccc4-5)s3)ccc21. The second-order valence-electron chi connectivity index (χ2n) is 11.5. The molecule has 0 spiro atoms. The minimum Gasteiger partial charge on any atom is -0.309 e. The van der Waals surface area contributed by atoms with Crippen LogP contribution in [0, 0.1) is 22.7 Å². The minimum absolute atomic E-state index is 0.147. The number of thiophene rings is 1. The lowest BCUT2D eigenvalue weighted by molar-refractivity contribution is 1.28.